The van der Waals surface area contributed by atoms with Crippen LogP contribution >= 0.6 is 11.3 Å². The zero-order valence-electron chi connectivity index (χ0n) is 15.9. The first-order chi connectivity index (χ1) is 14.2. The van der Waals surface area contributed by atoms with Gasteiger partial charge < -0.3 is 15.0 Å². The number of pyridine rings is 1. The van der Waals surface area contributed by atoms with Crippen LogP contribution in [-0.4, -0.2) is 48.6 Å². The van der Waals surface area contributed by atoms with Crippen molar-refractivity contribution >= 4 is 44.2 Å². The van der Waals surface area contributed by atoms with Gasteiger partial charge in [-0.25, -0.2) is 14.5 Å². The highest BCUT2D eigenvalue weighted by Gasteiger charge is 2.29. The highest BCUT2D eigenvalue weighted by molar-refractivity contribution is 7.93. The Morgan fingerprint density at radius 3 is 3.00 bits per heavy atom. The second-order valence-corrected chi connectivity index (χ2v) is 9.86. The minimum Gasteiger partial charge on any atom is -0.611 e. The van der Waals surface area contributed by atoms with Crippen molar-refractivity contribution in [2.45, 2.75) is 29.4 Å². The van der Waals surface area contributed by atoms with Crippen LogP contribution in [-0.2, 0) is 15.9 Å². The Morgan fingerprint density at radius 1 is 1.38 bits per heavy atom. The van der Waals surface area contributed by atoms with Crippen LogP contribution in [0.25, 0.3) is 27.3 Å². The topological polar surface area (TPSA) is 114 Å². The monoisotopic (exact) mass is 428 g/mol. The van der Waals surface area contributed by atoms with E-state index >= 15 is 0 Å². The fourth-order valence-corrected chi connectivity index (χ4v) is 6.16. The average molecular weight is 429 g/mol. The van der Waals surface area contributed by atoms with Crippen molar-refractivity contribution < 1.29 is 9.29 Å². The number of nitrogen functional groups attached to an aromatic ring is 1. The zero-order valence-corrected chi connectivity index (χ0v) is 17.5. The summed E-state index contributed by atoms with van der Waals surface area (Å²) in [6, 6.07) is 2.11. The van der Waals surface area contributed by atoms with Gasteiger partial charge >= 0.3 is 0 Å². The van der Waals surface area contributed by atoms with Gasteiger partial charge in [0.1, 0.15) is 22.6 Å². The summed E-state index contributed by atoms with van der Waals surface area (Å²) in [5.74, 6) is 1.43. The Bertz CT molecular complexity index is 1190. The van der Waals surface area contributed by atoms with E-state index in [1.807, 2.05) is 6.20 Å². The lowest BCUT2D eigenvalue weighted by Crippen LogP contribution is -2.12. The fraction of sp³-hybridized carbons (Fsp3) is 0.368. The number of methoxy groups -OCH3 is 1. The summed E-state index contributed by atoms with van der Waals surface area (Å²) in [6.07, 6.45) is 8.60. The van der Waals surface area contributed by atoms with Gasteiger partial charge in [0.25, 0.3) is 5.78 Å². The first-order valence-corrected chi connectivity index (χ1v) is 11.5. The Labute approximate surface area is 174 Å². The molecular formula is C19H20N6O2S2. The quantitative estimate of drug-likeness (QED) is 0.470. The maximum atomic E-state index is 12.7. The molecule has 0 aliphatic heterocycles. The number of hydrogen-bond donors (Lipinski definition) is 1. The maximum absolute atomic E-state index is 12.7. The Kier molecular flexibility index (Phi) is 4.86. The number of ether oxygens (including phenoxy) is 1. The molecule has 0 aromatic carbocycles. The SMILES string of the molecule is COCC[S+]([O-])c1sc2nc(-c3cnc4ncnn4c3)cc(C3CCC3)c2c1N. The fourth-order valence-electron chi connectivity index (χ4n) is 3.59. The minimum absolute atomic E-state index is 0.423. The molecule has 4 heterocycles. The van der Waals surface area contributed by atoms with E-state index in [0.29, 0.717) is 34.0 Å². The second-order valence-electron chi connectivity index (χ2n) is 7.10. The summed E-state index contributed by atoms with van der Waals surface area (Å²) in [6.45, 7) is 0.429. The minimum atomic E-state index is -1.20. The lowest BCUT2D eigenvalue weighted by atomic mass is 9.79. The van der Waals surface area contributed by atoms with E-state index in [-0.39, 0.29) is 0 Å². The van der Waals surface area contributed by atoms with E-state index < -0.39 is 11.2 Å². The summed E-state index contributed by atoms with van der Waals surface area (Å²) in [5, 5.41) is 5.13. The molecule has 0 amide bonds. The lowest BCUT2D eigenvalue weighted by Gasteiger charge is -2.27. The van der Waals surface area contributed by atoms with E-state index in [0.717, 1.165) is 34.3 Å². The van der Waals surface area contributed by atoms with E-state index in [1.165, 1.54) is 29.6 Å². The summed E-state index contributed by atoms with van der Waals surface area (Å²) in [7, 11) is 1.61. The Balaban J connectivity index is 1.65. The van der Waals surface area contributed by atoms with Gasteiger partial charge in [-0.3, -0.25) is 0 Å². The van der Waals surface area contributed by atoms with Gasteiger partial charge in [0.15, 0.2) is 0 Å². The summed E-state index contributed by atoms with van der Waals surface area (Å²) in [5.41, 5.74) is 9.96. The van der Waals surface area contributed by atoms with Crippen molar-refractivity contribution in [3.05, 3.63) is 30.4 Å². The van der Waals surface area contributed by atoms with Gasteiger partial charge in [-0.05, 0) is 30.4 Å². The van der Waals surface area contributed by atoms with Crippen molar-refractivity contribution in [3.63, 3.8) is 0 Å². The maximum Gasteiger partial charge on any atom is 0.252 e. The largest absolute Gasteiger partial charge is 0.611 e. The number of rotatable bonds is 6. The first-order valence-electron chi connectivity index (χ1n) is 9.41. The Morgan fingerprint density at radius 2 is 2.24 bits per heavy atom. The van der Waals surface area contributed by atoms with E-state index in [1.54, 1.807) is 17.8 Å². The van der Waals surface area contributed by atoms with Crippen LogP contribution in [0, 0.1) is 0 Å². The van der Waals surface area contributed by atoms with Crippen LogP contribution in [0.5, 0.6) is 0 Å². The second kappa shape index (κ2) is 7.52. The van der Waals surface area contributed by atoms with Gasteiger partial charge in [0, 0.05) is 41.6 Å². The molecule has 0 bridgehead atoms. The number of nitrogens with zero attached hydrogens (tertiary/aromatic N) is 5. The van der Waals surface area contributed by atoms with Crippen LogP contribution in [0.1, 0.15) is 30.7 Å². The summed E-state index contributed by atoms with van der Waals surface area (Å²) < 4.78 is 20.1. The smallest absolute Gasteiger partial charge is 0.252 e. The van der Waals surface area contributed by atoms with Gasteiger partial charge in [-0.2, -0.15) is 10.1 Å². The molecule has 1 saturated carbocycles. The zero-order chi connectivity index (χ0) is 20.0. The average Bonchev–Trinajstić information content (AvgIpc) is 3.28. The molecule has 1 aliphatic rings. The van der Waals surface area contributed by atoms with Crippen LogP contribution in [0.15, 0.2) is 29.0 Å². The molecule has 29 heavy (non-hydrogen) atoms. The molecule has 0 spiro atoms. The third-order valence-corrected chi connectivity index (χ3v) is 8.22. The highest BCUT2D eigenvalue weighted by Crippen LogP contribution is 2.46. The number of aromatic nitrogens is 5. The molecule has 1 unspecified atom stereocenters. The molecule has 10 heteroatoms. The molecular weight excluding hydrogens is 408 g/mol. The molecule has 5 rings (SSSR count). The molecule has 0 saturated heterocycles. The van der Waals surface area contributed by atoms with Gasteiger partial charge in [0.2, 0.25) is 4.21 Å². The molecule has 1 atom stereocenters. The van der Waals surface area contributed by atoms with Crippen LogP contribution in [0.3, 0.4) is 0 Å². The first kappa shape index (κ1) is 18.7. The molecule has 0 radical (unpaired) electrons. The van der Waals surface area contributed by atoms with Crippen LogP contribution in [0.4, 0.5) is 5.69 Å². The van der Waals surface area contributed by atoms with Crippen molar-refractivity contribution in [1.82, 2.24) is 24.6 Å². The van der Waals surface area contributed by atoms with Crippen LogP contribution in [0.2, 0.25) is 0 Å². The van der Waals surface area contributed by atoms with Gasteiger partial charge in [0.05, 0.1) is 12.3 Å². The van der Waals surface area contributed by atoms with Crippen molar-refractivity contribution in [2.24, 2.45) is 0 Å². The standard InChI is InChI=1S/C19H20N6O2S2/c1-27-5-6-29(26)18-16(20)15-13(11-3-2-4-11)7-14(24-17(15)28-18)12-8-21-19-22-10-23-25(19)9-12/h7-11H,2-6,20H2,1H3. The van der Waals surface area contributed by atoms with Crippen molar-refractivity contribution in [1.29, 1.82) is 0 Å². The van der Waals surface area contributed by atoms with E-state index in [2.05, 4.69) is 21.1 Å². The normalized spacial score (nSPS) is 15.8. The number of anilines is 1. The molecule has 4 aromatic heterocycles. The third kappa shape index (κ3) is 3.25. The van der Waals surface area contributed by atoms with E-state index in [9.17, 15) is 4.55 Å². The van der Waals surface area contributed by atoms with Crippen molar-refractivity contribution in [2.75, 3.05) is 25.2 Å². The molecule has 2 N–H and O–H groups in total. The molecule has 150 valence electrons. The highest BCUT2D eigenvalue weighted by atomic mass is 32.2. The molecule has 4 aromatic rings. The van der Waals surface area contributed by atoms with Crippen molar-refractivity contribution in [3.8, 4) is 11.3 Å². The van der Waals surface area contributed by atoms with Gasteiger partial charge in [-0.15, -0.1) is 0 Å². The third-order valence-electron chi connectivity index (χ3n) is 5.35. The summed E-state index contributed by atoms with van der Waals surface area (Å²) >= 11 is 0.212. The van der Waals surface area contributed by atoms with Gasteiger partial charge in [-0.1, -0.05) is 17.8 Å². The summed E-state index contributed by atoms with van der Waals surface area (Å²) in [4.78, 5) is 14.1. The van der Waals surface area contributed by atoms with Crippen LogP contribution < -0.4 is 5.73 Å². The molecule has 1 aliphatic carbocycles. The molecule has 8 nitrogen and oxygen atoms in total. The Hall–Kier alpha value is -2.27. The lowest BCUT2D eigenvalue weighted by molar-refractivity contribution is 0.217. The van der Waals surface area contributed by atoms with E-state index in [4.69, 9.17) is 15.5 Å². The number of thiophene rings is 1. The number of fused-ring (bicyclic) bond motifs is 2. The number of nitrogens with two attached hydrogens (primary N) is 1. The predicted octanol–water partition coefficient (Wildman–Crippen LogP) is 3.00. The molecule has 1 fully saturated rings. The number of hydrogen-bond acceptors (Lipinski definition) is 8. The predicted molar refractivity (Wildman–Crippen MR) is 114 cm³/mol.